The highest BCUT2D eigenvalue weighted by atomic mass is 32.2. The molecule has 5 rings (SSSR count). The summed E-state index contributed by atoms with van der Waals surface area (Å²) in [6, 6.07) is 13.0. The minimum absolute atomic E-state index is 0.0365. The molecule has 12 nitrogen and oxygen atoms in total. The summed E-state index contributed by atoms with van der Waals surface area (Å²) in [5.74, 6) is 0.487. The molecular formula is C35H42N6O6S. The fourth-order valence-corrected chi connectivity index (χ4v) is 6.67. The molecule has 2 aromatic heterocycles. The second kappa shape index (κ2) is 14.2. The SMILES string of the molecule is COCC(C)Oc1cnc(CN2C(=O)c3cccc(c3)S(=O)(=O)Nc3nc(cc(-c4c(C)cccc4C)n3)OC[C@H]2CC(C)(C)C)nc1. The van der Waals surface area contributed by atoms with Crippen molar-refractivity contribution in [2.75, 3.05) is 25.0 Å². The van der Waals surface area contributed by atoms with Gasteiger partial charge in [0.2, 0.25) is 11.8 Å². The molecule has 1 amide bonds. The summed E-state index contributed by atoms with van der Waals surface area (Å²) in [7, 11) is -2.59. The van der Waals surface area contributed by atoms with Crippen LogP contribution in [-0.2, 0) is 21.3 Å². The predicted octanol–water partition coefficient (Wildman–Crippen LogP) is 5.60. The van der Waals surface area contributed by atoms with Gasteiger partial charge in [-0.2, -0.15) is 4.98 Å². The Morgan fingerprint density at radius 3 is 2.40 bits per heavy atom. The summed E-state index contributed by atoms with van der Waals surface area (Å²) in [6.45, 7) is 12.6. The summed E-state index contributed by atoms with van der Waals surface area (Å²) in [4.78, 5) is 33.9. The van der Waals surface area contributed by atoms with E-state index in [-0.39, 0.29) is 47.0 Å². The number of fused-ring (bicyclic) bond motifs is 4. The second-order valence-corrected chi connectivity index (χ2v) is 14.9. The lowest BCUT2D eigenvalue weighted by molar-refractivity contribution is 0.0504. The Labute approximate surface area is 282 Å². The lowest BCUT2D eigenvalue weighted by Gasteiger charge is -2.35. The Kier molecular flexibility index (Phi) is 10.3. The summed E-state index contributed by atoms with van der Waals surface area (Å²) in [5, 5.41) is 0. The number of carbonyl (C=O) groups excluding carboxylic acids is 1. The molecule has 13 heteroatoms. The highest BCUT2D eigenvalue weighted by Crippen LogP contribution is 2.31. The number of methoxy groups -OCH3 is 1. The van der Waals surface area contributed by atoms with Gasteiger partial charge < -0.3 is 19.1 Å². The van der Waals surface area contributed by atoms with Crippen LogP contribution in [0.15, 0.2) is 65.8 Å². The van der Waals surface area contributed by atoms with Gasteiger partial charge in [-0.1, -0.05) is 45.0 Å². The number of hydrogen-bond donors (Lipinski definition) is 1. The maximum Gasteiger partial charge on any atom is 0.264 e. The third kappa shape index (κ3) is 8.45. The second-order valence-electron chi connectivity index (χ2n) is 13.2. The molecular weight excluding hydrogens is 632 g/mol. The van der Waals surface area contributed by atoms with Crippen LogP contribution in [0.3, 0.4) is 0 Å². The number of hydrogen-bond acceptors (Lipinski definition) is 10. The van der Waals surface area contributed by atoms with Gasteiger partial charge in [0.15, 0.2) is 5.75 Å². The van der Waals surface area contributed by atoms with Gasteiger partial charge in [0.25, 0.3) is 15.9 Å². The van der Waals surface area contributed by atoms with E-state index in [9.17, 15) is 13.2 Å². The average molecular weight is 675 g/mol. The summed E-state index contributed by atoms with van der Waals surface area (Å²) in [6.07, 6.45) is 3.47. The van der Waals surface area contributed by atoms with Gasteiger partial charge in [-0.05, 0) is 61.9 Å². The lowest BCUT2D eigenvalue weighted by atomic mass is 9.87. The molecule has 1 N–H and O–H groups in total. The summed E-state index contributed by atoms with van der Waals surface area (Å²) in [5.41, 5.74) is 3.25. The van der Waals surface area contributed by atoms with Crippen molar-refractivity contribution in [1.29, 1.82) is 0 Å². The quantitative estimate of drug-likeness (QED) is 0.251. The molecule has 0 spiro atoms. The van der Waals surface area contributed by atoms with E-state index >= 15 is 0 Å². The molecule has 4 bridgehead atoms. The van der Waals surface area contributed by atoms with Crippen molar-refractivity contribution in [2.45, 2.75) is 71.5 Å². The first-order valence-electron chi connectivity index (χ1n) is 15.7. The molecule has 254 valence electrons. The van der Waals surface area contributed by atoms with E-state index in [1.54, 1.807) is 36.5 Å². The highest BCUT2D eigenvalue weighted by molar-refractivity contribution is 7.92. The van der Waals surface area contributed by atoms with Crippen LogP contribution in [0.4, 0.5) is 5.95 Å². The van der Waals surface area contributed by atoms with Crippen LogP contribution in [0.2, 0.25) is 0 Å². The summed E-state index contributed by atoms with van der Waals surface area (Å²) >= 11 is 0. The van der Waals surface area contributed by atoms with Crippen LogP contribution in [0.5, 0.6) is 11.6 Å². The van der Waals surface area contributed by atoms with E-state index in [1.807, 2.05) is 39.0 Å². The molecule has 48 heavy (non-hydrogen) atoms. The van der Waals surface area contributed by atoms with Crippen LogP contribution in [0.25, 0.3) is 11.3 Å². The number of nitrogens with one attached hydrogen (secondary N) is 1. The van der Waals surface area contributed by atoms with Crippen LogP contribution in [0.1, 0.15) is 61.4 Å². The van der Waals surface area contributed by atoms with Gasteiger partial charge in [-0.3, -0.25) is 4.79 Å². The fraction of sp³-hybridized carbons (Fsp3) is 0.400. The van der Waals surface area contributed by atoms with Crippen molar-refractivity contribution in [1.82, 2.24) is 24.8 Å². The number of ether oxygens (including phenoxy) is 3. The van der Waals surface area contributed by atoms with E-state index in [2.05, 4.69) is 45.4 Å². The molecule has 0 radical (unpaired) electrons. The Bertz CT molecular complexity index is 1860. The van der Waals surface area contributed by atoms with Gasteiger partial charge in [0.05, 0.1) is 42.2 Å². The molecule has 1 aliphatic rings. The number of amides is 1. The number of benzene rings is 2. The Balaban J connectivity index is 1.60. The van der Waals surface area contributed by atoms with Crippen molar-refractivity contribution in [3.63, 3.8) is 0 Å². The molecule has 0 fully saturated rings. The zero-order valence-electron chi connectivity index (χ0n) is 28.4. The number of nitrogens with zero attached hydrogens (tertiary/aromatic N) is 5. The van der Waals surface area contributed by atoms with Gasteiger partial charge in [-0.25, -0.2) is 28.1 Å². The molecule has 3 heterocycles. The van der Waals surface area contributed by atoms with Crippen molar-refractivity contribution in [3.05, 3.63) is 83.4 Å². The molecule has 1 unspecified atom stereocenters. The normalized spacial score (nSPS) is 16.9. The number of rotatable bonds is 8. The Morgan fingerprint density at radius 2 is 1.73 bits per heavy atom. The van der Waals surface area contributed by atoms with Gasteiger partial charge in [-0.15, -0.1) is 0 Å². The standard InChI is InChI=1S/C35H42N6O6S/c1-22-10-8-11-23(2)32(22)29-15-31-39-34(38-29)40-48(43,44)28-13-9-12-25(14-28)33(42)41(26(21-46-31)16-35(4,5)6)19-30-36-17-27(18-37-30)47-24(3)20-45-7/h8-15,17-18,24,26H,16,19-21H2,1-7H3,(H,38,39,40)/t24?,26-/m1/s1. The first-order valence-corrected chi connectivity index (χ1v) is 17.2. The van der Waals surface area contributed by atoms with E-state index < -0.39 is 22.0 Å². The van der Waals surface area contributed by atoms with Gasteiger partial charge in [0, 0.05) is 24.3 Å². The van der Waals surface area contributed by atoms with Crippen LogP contribution in [-0.4, -0.2) is 71.6 Å². The van der Waals surface area contributed by atoms with Gasteiger partial charge in [0.1, 0.15) is 18.5 Å². The summed E-state index contributed by atoms with van der Waals surface area (Å²) < 4.78 is 47.1. The minimum Gasteiger partial charge on any atom is -0.485 e. The number of aromatic nitrogens is 4. The molecule has 0 saturated heterocycles. The van der Waals surface area contributed by atoms with Gasteiger partial charge >= 0.3 is 0 Å². The largest absolute Gasteiger partial charge is 0.485 e. The monoisotopic (exact) mass is 674 g/mol. The Morgan fingerprint density at radius 1 is 1.04 bits per heavy atom. The number of carbonyl (C=O) groups is 1. The van der Waals surface area contributed by atoms with Crippen molar-refractivity contribution < 1.29 is 27.4 Å². The maximum absolute atomic E-state index is 14.3. The number of sulfonamides is 1. The minimum atomic E-state index is -4.19. The molecule has 1 aliphatic heterocycles. The van der Waals surface area contributed by atoms with E-state index in [0.29, 0.717) is 30.3 Å². The molecule has 0 aliphatic carbocycles. The zero-order chi connectivity index (χ0) is 34.6. The average Bonchev–Trinajstić information content (AvgIpc) is 3.01. The predicted molar refractivity (Wildman–Crippen MR) is 181 cm³/mol. The third-order valence-corrected chi connectivity index (χ3v) is 9.09. The first-order chi connectivity index (χ1) is 22.7. The Hall–Kier alpha value is -4.62. The lowest BCUT2D eigenvalue weighted by Crippen LogP contribution is -2.45. The number of aryl methyl sites for hydroxylation is 2. The first kappa shape index (κ1) is 34.7. The third-order valence-electron chi connectivity index (χ3n) is 7.76. The van der Waals surface area contributed by atoms with E-state index in [4.69, 9.17) is 14.2 Å². The van der Waals surface area contributed by atoms with E-state index in [1.165, 1.54) is 18.2 Å². The smallest absolute Gasteiger partial charge is 0.264 e. The fourth-order valence-electron chi connectivity index (χ4n) is 5.69. The molecule has 2 aromatic carbocycles. The molecule has 0 saturated carbocycles. The molecule has 2 atom stereocenters. The van der Waals surface area contributed by atoms with Crippen LogP contribution < -0.4 is 14.2 Å². The zero-order valence-corrected chi connectivity index (χ0v) is 29.2. The maximum atomic E-state index is 14.3. The van der Waals surface area contributed by atoms with Crippen molar-refractivity contribution >= 4 is 21.9 Å². The highest BCUT2D eigenvalue weighted by Gasteiger charge is 2.32. The van der Waals surface area contributed by atoms with Crippen LogP contribution in [0, 0.1) is 19.3 Å². The van der Waals surface area contributed by atoms with Crippen molar-refractivity contribution in [3.8, 4) is 22.9 Å². The van der Waals surface area contributed by atoms with Crippen molar-refractivity contribution in [2.24, 2.45) is 5.41 Å². The van der Waals surface area contributed by atoms with Crippen LogP contribution >= 0.6 is 0 Å². The number of anilines is 1. The topological polar surface area (TPSA) is 146 Å². The molecule has 4 aromatic rings. The van der Waals surface area contributed by atoms with E-state index in [0.717, 1.165) is 16.7 Å².